The smallest absolute Gasteiger partial charge is 0.331 e. The average molecular weight is 287 g/mol. The van der Waals surface area contributed by atoms with Crippen molar-refractivity contribution in [2.24, 2.45) is 0 Å². The molecule has 0 unspecified atom stereocenters. The molecule has 1 heterocycles. The Morgan fingerprint density at radius 2 is 2.00 bits per heavy atom. The van der Waals surface area contributed by atoms with E-state index in [-0.39, 0.29) is 17.0 Å². The van der Waals surface area contributed by atoms with Gasteiger partial charge in [-0.25, -0.2) is 4.79 Å². The molecule has 0 saturated heterocycles. The molecule has 0 bridgehead atoms. The minimum Gasteiger partial charge on any atom is -0.454 e. The van der Waals surface area contributed by atoms with Crippen LogP contribution < -0.4 is 0 Å². The van der Waals surface area contributed by atoms with Gasteiger partial charge in [0.1, 0.15) is 6.10 Å². The van der Waals surface area contributed by atoms with Gasteiger partial charge in [-0.15, -0.1) is 0 Å². The van der Waals surface area contributed by atoms with Gasteiger partial charge in [-0.2, -0.15) is 0 Å². The number of nitro benzene ring substituents is 1. The van der Waals surface area contributed by atoms with Gasteiger partial charge in [0.05, 0.1) is 10.8 Å². The first-order chi connectivity index (χ1) is 9.90. The van der Waals surface area contributed by atoms with Crippen molar-refractivity contribution in [3.05, 3.63) is 64.2 Å². The number of hydrogen-bond acceptors (Lipinski definition) is 5. The highest BCUT2D eigenvalue weighted by molar-refractivity contribution is 5.95. The second-order valence-electron chi connectivity index (χ2n) is 4.67. The minimum absolute atomic E-state index is 0.0510. The third kappa shape index (κ3) is 3.05. The monoisotopic (exact) mass is 287 g/mol. The van der Waals surface area contributed by atoms with Crippen molar-refractivity contribution >= 4 is 17.4 Å². The topological polar surface area (TPSA) is 86.5 Å². The van der Waals surface area contributed by atoms with Crippen LogP contribution in [0.5, 0.6) is 0 Å². The zero-order valence-electron chi connectivity index (χ0n) is 11.3. The lowest BCUT2D eigenvalue weighted by Crippen LogP contribution is -2.23. The number of hydrogen-bond donors (Lipinski definition) is 0. The zero-order chi connectivity index (χ0) is 15.6. The fourth-order valence-electron chi connectivity index (χ4n) is 2.18. The predicted octanol–water partition coefficient (Wildman–Crippen LogP) is 2.31. The average Bonchev–Trinajstić information content (AvgIpc) is 2.85. The maximum atomic E-state index is 11.6. The Labute approximate surface area is 120 Å². The first-order valence-corrected chi connectivity index (χ1v) is 6.23. The summed E-state index contributed by atoms with van der Waals surface area (Å²) in [7, 11) is 0. The van der Waals surface area contributed by atoms with E-state index in [1.807, 2.05) is 0 Å². The number of ether oxygens (including phenoxy) is 1. The van der Waals surface area contributed by atoms with Crippen molar-refractivity contribution in [1.29, 1.82) is 0 Å². The van der Waals surface area contributed by atoms with Gasteiger partial charge < -0.3 is 4.74 Å². The number of Topliss-reactive ketones (excluding diaryl/α,β-unsaturated/α-hetero) is 1. The van der Waals surface area contributed by atoms with Crippen LogP contribution in [0.1, 0.15) is 18.4 Å². The van der Waals surface area contributed by atoms with E-state index in [2.05, 4.69) is 6.58 Å². The van der Waals surface area contributed by atoms with Gasteiger partial charge in [0.15, 0.2) is 5.78 Å². The first kappa shape index (κ1) is 14.6. The molecule has 0 fully saturated rings. The molecule has 1 aliphatic heterocycles. The van der Waals surface area contributed by atoms with Gasteiger partial charge in [0, 0.05) is 18.2 Å². The largest absolute Gasteiger partial charge is 0.454 e. The molecule has 0 aromatic heterocycles. The van der Waals surface area contributed by atoms with E-state index in [4.69, 9.17) is 4.74 Å². The van der Waals surface area contributed by atoms with Crippen LogP contribution >= 0.6 is 0 Å². The van der Waals surface area contributed by atoms with Crippen LogP contribution in [0.2, 0.25) is 0 Å². The molecule has 0 spiro atoms. The van der Waals surface area contributed by atoms with Crippen LogP contribution in [0.3, 0.4) is 0 Å². The molecule has 2 rings (SSSR count). The van der Waals surface area contributed by atoms with Crippen LogP contribution in [-0.4, -0.2) is 22.8 Å². The number of carbonyl (C=O) groups excluding carboxylic acids is 2. The summed E-state index contributed by atoms with van der Waals surface area (Å²) in [4.78, 5) is 33.0. The van der Waals surface area contributed by atoms with E-state index >= 15 is 0 Å². The number of esters is 1. The zero-order valence-corrected chi connectivity index (χ0v) is 11.3. The summed E-state index contributed by atoms with van der Waals surface area (Å²) < 4.78 is 5.13. The lowest BCUT2D eigenvalue weighted by molar-refractivity contribution is -0.384. The molecule has 1 aromatic carbocycles. The standard InChI is InChI=1S/C15H13NO5/c1-9(10(2)17)15(13-7-8-14(18)21-13)11-3-5-12(6-4-11)16(19)20/h3-8,13,15H,1H2,2H3/t13-,15-/m0/s1. The van der Waals surface area contributed by atoms with Crippen molar-refractivity contribution in [3.63, 3.8) is 0 Å². The molecule has 2 atom stereocenters. The third-order valence-electron chi connectivity index (χ3n) is 3.29. The number of nitrogens with zero attached hydrogens (tertiary/aromatic N) is 1. The summed E-state index contributed by atoms with van der Waals surface area (Å²) in [6.07, 6.45) is 2.22. The predicted molar refractivity (Wildman–Crippen MR) is 74.7 cm³/mol. The fourth-order valence-corrected chi connectivity index (χ4v) is 2.18. The molecule has 6 nitrogen and oxygen atoms in total. The molecule has 6 heteroatoms. The Kier molecular flexibility index (Phi) is 3.98. The molecular weight excluding hydrogens is 274 g/mol. The quantitative estimate of drug-likeness (QED) is 0.359. The summed E-state index contributed by atoms with van der Waals surface area (Å²) in [6, 6.07) is 5.76. The highest BCUT2D eigenvalue weighted by Gasteiger charge is 2.31. The van der Waals surface area contributed by atoms with Gasteiger partial charge in [0.2, 0.25) is 0 Å². The Morgan fingerprint density at radius 3 is 2.43 bits per heavy atom. The van der Waals surface area contributed by atoms with Gasteiger partial charge in [0.25, 0.3) is 5.69 Å². The van der Waals surface area contributed by atoms with E-state index in [9.17, 15) is 19.7 Å². The molecule has 1 aliphatic rings. The molecule has 21 heavy (non-hydrogen) atoms. The second-order valence-corrected chi connectivity index (χ2v) is 4.67. The summed E-state index contributed by atoms with van der Waals surface area (Å²) >= 11 is 0. The number of rotatable bonds is 5. The third-order valence-corrected chi connectivity index (χ3v) is 3.29. The number of nitro groups is 1. The van der Waals surface area contributed by atoms with Crippen molar-refractivity contribution < 1.29 is 19.2 Å². The molecule has 1 aromatic rings. The van der Waals surface area contributed by atoms with Crippen LogP contribution in [0.4, 0.5) is 5.69 Å². The molecule has 0 amide bonds. The van der Waals surface area contributed by atoms with Crippen molar-refractivity contribution in [1.82, 2.24) is 0 Å². The molecule has 0 aliphatic carbocycles. The van der Waals surface area contributed by atoms with Crippen molar-refractivity contribution in [3.8, 4) is 0 Å². The van der Waals surface area contributed by atoms with Crippen LogP contribution in [0, 0.1) is 10.1 Å². The lowest BCUT2D eigenvalue weighted by Gasteiger charge is -2.23. The number of non-ortho nitro benzene ring substituents is 1. The number of carbonyl (C=O) groups is 2. The molecule has 108 valence electrons. The highest BCUT2D eigenvalue weighted by atomic mass is 16.6. The lowest BCUT2D eigenvalue weighted by atomic mass is 9.85. The van der Waals surface area contributed by atoms with Crippen LogP contribution in [-0.2, 0) is 14.3 Å². The SMILES string of the molecule is C=C(C(C)=O)[C@@H](c1ccc([N+](=O)[O-])cc1)[C@@H]1C=CC(=O)O1. The highest BCUT2D eigenvalue weighted by Crippen LogP contribution is 2.33. The van der Waals surface area contributed by atoms with Crippen molar-refractivity contribution in [2.45, 2.75) is 18.9 Å². The van der Waals surface area contributed by atoms with Gasteiger partial charge >= 0.3 is 5.97 Å². The van der Waals surface area contributed by atoms with Gasteiger partial charge in [-0.3, -0.25) is 14.9 Å². The summed E-state index contributed by atoms with van der Waals surface area (Å²) in [5.74, 6) is -1.26. The number of cyclic esters (lactones) is 1. The van der Waals surface area contributed by atoms with E-state index < -0.39 is 22.9 Å². The first-order valence-electron chi connectivity index (χ1n) is 6.23. The van der Waals surface area contributed by atoms with E-state index in [0.29, 0.717) is 5.56 Å². The number of ketones is 1. The summed E-state index contributed by atoms with van der Waals surface area (Å²) in [5.41, 5.74) is 0.864. The fraction of sp³-hybridized carbons (Fsp3) is 0.200. The van der Waals surface area contributed by atoms with E-state index in [1.165, 1.54) is 37.3 Å². The Balaban J connectivity index is 2.37. The van der Waals surface area contributed by atoms with Crippen LogP contribution in [0.15, 0.2) is 48.6 Å². The molecule has 0 N–H and O–H groups in total. The molecule has 0 radical (unpaired) electrons. The summed E-state index contributed by atoms with van der Waals surface area (Å²) in [6.45, 7) is 5.13. The molecular formula is C15H13NO5. The van der Waals surface area contributed by atoms with E-state index in [1.54, 1.807) is 6.08 Å². The van der Waals surface area contributed by atoms with Gasteiger partial charge in [-0.1, -0.05) is 18.7 Å². The van der Waals surface area contributed by atoms with Gasteiger partial charge in [-0.05, 0) is 24.1 Å². The second kappa shape index (κ2) is 5.70. The minimum atomic E-state index is -0.629. The maximum Gasteiger partial charge on any atom is 0.331 e. The number of benzene rings is 1. The maximum absolute atomic E-state index is 11.6. The van der Waals surface area contributed by atoms with Crippen LogP contribution in [0.25, 0.3) is 0 Å². The Hall–Kier alpha value is -2.76. The normalized spacial score (nSPS) is 18.1. The summed E-state index contributed by atoms with van der Waals surface area (Å²) in [5, 5.41) is 10.7. The molecule has 0 saturated carbocycles. The Morgan fingerprint density at radius 1 is 1.38 bits per heavy atom. The Bertz CT molecular complexity index is 645. The van der Waals surface area contributed by atoms with E-state index in [0.717, 1.165) is 0 Å². The van der Waals surface area contributed by atoms with Crippen molar-refractivity contribution in [2.75, 3.05) is 0 Å².